The van der Waals surface area contributed by atoms with E-state index in [1.165, 1.54) is 19.3 Å². The molecule has 1 saturated carbocycles. The second-order valence-electron chi connectivity index (χ2n) is 5.40. The first-order chi connectivity index (χ1) is 8.63. The summed E-state index contributed by atoms with van der Waals surface area (Å²) < 4.78 is 0. The van der Waals surface area contributed by atoms with Gasteiger partial charge in [-0.25, -0.2) is 0 Å². The lowest BCUT2D eigenvalue weighted by atomic mass is 9.77. The lowest BCUT2D eigenvalue weighted by Crippen LogP contribution is -2.22. The van der Waals surface area contributed by atoms with Crippen LogP contribution in [0.15, 0.2) is 18.2 Å². The van der Waals surface area contributed by atoms with Gasteiger partial charge in [0, 0.05) is 16.5 Å². The maximum Gasteiger partial charge on any atom is 0.166 e. The molecule has 0 unspecified atom stereocenters. The molecule has 0 aromatic heterocycles. The summed E-state index contributed by atoms with van der Waals surface area (Å²) >= 11 is 6.09. The quantitative estimate of drug-likeness (QED) is 0.699. The SMILES string of the molecule is CCC1CCC(C(=O)c2cccc(Cl)c2C)CC1. The highest BCUT2D eigenvalue weighted by molar-refractivity contribution is 6.31. The van der Waals surface area contributed by atoms with Crippen molar-refractivity contribution in [3.63, 3.8) is 0 Å². The number of Topliss-reactive ketones (excluding diaryl/α,β-unsaturated/α-hetero) is 1. The maximum atomic E-state index is 12.5. The highest BCUT2D eigenvalue weighted by atomic mass is 35.5. The van der Waals surface area contributed by atoms with Gasteiger partial charge in [0.05, 0.1) is 0 Å². The molecule has 1 aliphatic rings. The van der Waals surface area contributed by atoms with Gasteiger partial charge in [0.1, 0.15) is 0 Å². The second kappa shape index (κ2) is 5.88. The molecule has 1 fully saturated rings. The summed E-state index contributed by atoms with van der Waals surface area (Å²) in [4.78, 5) is 12.5. The van der Waals surface area contributed by atoms with Gasteiger partial charge in [0.25, 0.3) is 0 Å². The molecule has 2 heteroatoms. The highest BCUT2D eigenvalue weighted by Crippen LogP contribution is 2.33. The van der Waals surface area contributed by atoms with Crippen LogP contribution < -0.4 is 0 Å². The van der Waals surface area contributed by atoms with E-state index < -0.39 is 0 Å². The first kappa shape index (κ1) is 13.6. The van der Waals surface area contributed by atoms with Crippen molar-refractivity contribution in [2.75, 3.05) is 0 Å². The number of rotatable bonds is 3. The van der Waals surface area contributed by atoms with Crippen LogP contribution in [0.2, 0.25) is 5.02 Å². The molecule has 0 radical (unpaired) electrons. The fraction of sp³-hybridized carbons (Fsp3) is 0.562. The zero-order chi connectivity index (χ0) is 13.1. The summed E-state index contributed by atoms with van der Waals surface area (Å²) in [5.41, 5.74) is 1.75. The van der Waals surface area contributed by atoms with Crippen LogP contribution in [0.25, 0.3) is 0 Å². The Morgan fingerprint density at radius 3 is 2.56 bits per heavy atom. The van der Waals surface area contributed by atoms with E-state index in [2.05, 4.69) is 6.92 Å². The zero-order valence-electron chi connectivity index (χ0n) is 11.2. The Balaban J connectivity index is 2.10. The summed E-state index contributed by atoms with van der Waals surface area (Å²) in [6.45, 7) is 4.18. The molecule has 0 aliphatic heterocycles. The molecule has 18 heavy (non-hydrogen) atoms. The Kier molecular flexibility index (Phi) is 4.45. The van der Waals surface area contributed by atoms with E-state index in [1.54, 1.807) is 0 Å². The molecular formula is C16H21ClO. The molecule has 0 N–H and O–H groups in total. The number of ketones is 1. The van der Waals surface area contributed by atoms with E-state index in [4.69, 9.17) is 11.6 Å². The highest BCUT2D eigenvalue weighted by Gasteiger charge is 2.27. The number of benzene rings is 1. The van der Waals surface area contributed by atoms with Gasteiger partial charge in [-0.05, 0) is 50.2 Å². The smallest absolute Gasteiger partial charge is 0.166 e. The molecule has 1 aromatic carbocycles. The van der Waals surface area contributed by atoms with Crippen LogP contribution >= 0.6 is 11.6 Å². The lowest BCUT2D eigenvalue weighted by molar-refractivity contribution is 0.0870. The van der Waals surface area contributed by atoms with Gasteiger partial charge in [-0.15, -0.1) is 0 Å². The number of carbonyl (C=O) groups excluding carboxylic acids is 1. The van der Waals surface area contributed by atoms with E-state index in [1.807, 2.05) is 25.1 Å². The number of halogens is 1. The summed E-state index contributed by atoms with van der Waals surface area (Å²) in [7, 11) is 0. The van der Waals surface area contributed by atoms with Crippen molar-refractivity contribution in [3.8, 4) is 0 Å². The average Bonchev–Trinajstić information content (AvgIpc) is 2.41. The minimum Gasteiger partial charge on any atom is -0.294 e. The van der Waals surface area contributed by atoms with Gasteiger partial charge in [-0.2, -0.15) is 0 Å². The molecule has 0 saturated heterocycles. The normalized spacial score (nSPS) is 23.9. The first-order valence-electron chi connectivity index (χ1n) is 6.92. The third-order valence-corrected chi connectivity index (χ3v) is 4.74. The standard InChI is InChI=1S/C16H21ClO/c1-3-12-7-9-13(10-8-12)16(18)14-5-4-6-15(17)11(14)2/h4-6,12-13H,3,7-10H2,1-2H3. The van der Waals surface area contributed by atoms with Crippen LogP contribution in [0.4, 0.5) is 0 Å². The Labute approximate surface area is 115 Å². The van der Waals surface area contributed by atoms with Gasteiger partial charge < -0.3 is 0 Å². The lowest BCUT2D eigenvalue weighted by Gasteiger charge is -2.27. The fourth-order valence-electron chi connectivity index (χ4n) is 2.93. The minimum absolute atomic E-state index is 0.213. The molecule has 0 heterocycles. The Bertz CT molecular complexity index is 431. The van der Waals surface area contributed by atoms with Crippen LogP contribution in [0.5, 0.6) is 0 Å². The number of carbonyl (C=O) groups is 1. The summed E-state index contributed by atoms with van der Waals surface area (Å²) in [6.07, 6.45) is 5.74. The minimum atomic E-state index is 0.213. The predicted molar refractivity (Wildman–Crippen MR) is 76.3 cm³/mol. The monoisotopic (exact) mass is 264 g/mol. The molecule has 0 bridgehead atoms. The van der Waals surface area contributed by atoms with Crippen molar-refractivity contribution in [3.05, 3.63) is 34.3 Å². The molecule has 1 nitrogen and oxygen atoms in total. The Hall–Kier alpha value is -0.820. The summed E-state index contributed by atoms with van der Waals surface area (Å²) in [6, 6.07) is 5.64. The molecule has 1 aromatic rings. The largest absolute Gasteiger partial charge is 0.294 e. The molecule has 1 aliphatic carbocycles. The average molecular weight is 265 g/mol. The van der Waals surface area contributed by atoms with Gasteiger partial charge in [-0.1, -0.05) is 37.1 Å². The summed E-state index contributed by atoms with van der Waals surface area (Å²) in [5, 5.41) is 0.697. The Morgan fingerprint density at radius 1 is 1.28 bits per heavy atom. The van der Waals surface area contributed by atoms with E-state index in [-0.39, 0.29) is 5.92 Å². The van der Waals surface area contributed by atoms with Gasteiger partial charge >= 0.3 is 0 Å². The van der Waals surface area contributed by atoms with Crippen molar-refractivity contribution in [1.29, 1.82) is 0 Å². The van der Waals surface area contributed by atoms with E-state index >= 15 is 0 Å². The van der Waals surface area contributed by atoms with E-state index in [0.29, 0.717) is 10.8 Å². The van der Waals surface area contributed by atoms with Gasteiger partial charge in [-0.3, -0.25) is 4.79 Å². The van der Waals surface area contributed by atoms with Crippen molar-refractivity contribution < 1.29 is 4.79 Å². The molecular weight excluding hydrogens is 244 g/mol. The molecule has 98 valence electrons. The maximum absolute atomic E-state index is 12.5. The molecule has 2 rings (SSSR count). The topological polar surface area (TPSA) is 17.1 Å². The fourth-order valence-corrected chi connectivity index (χ4v) is 3.10. The zero-order valence-corrected chi connectivity index (χ0v) is 12.0. The molecule has 0 atom stereocenters. The predicted octanol–water partition coefficient (Wildman–Crippen LogP) is 5.05. The van der Waals surface area contributed by atoms with Crippen LogP contribution in [-0.4, -0.2) is 5.78 Å². The van der Waals surface area contributed by atoms with Crippen molar-refractivity contribution >= 4 is 17.4 Å². The van der Waals surface area contributed by atoms with Crippen molar-refractivity contribution in [1.82, 2.24) is 0 Å². The number of hydrogen-bond donors (Lipinski definition) is 0. The molecule has 0 amide bonds. The molecule has 0 spiro atoms. The Morgan fingerprint density at radius 2 is 1.94 bits per heavy atom. The van der Waals surface area contributed by atoms with E-state index in [9.17, 15) is 4.79 Å². The van der Waals surface area contributed by atoms with Crippen LogP contribution in [0.3, 0.4) is 0 Å². The van der Waals surface area contributed by atoms with Crippen molar-refractivity contribution in [2.24, 2.45) is 11.8 Å². The van der Waals surface area contributed by atoms with Crippen LogP contribution in [0, 0.1) is 18.8 Å². The second-order valence-corrected chi connectivity index (χ2v) is 5.81. The third-order valence-electron chi connectivity index (χ3n) is 4.33. The van der Waals surface area contributed by atoms with Gasteiger partial charge in [0.2, 0.25) is 0 Å². The van der Waals surface area contributed by atoms with E-state index in [0.717, 1.165) is 29.9 Å². The number of hydrogen-bond acceptors (Lipinski definition) is 1. The van der Waals surface area contributed by atoms with Gasteiger partial charge in [0.15, 0.2) is 5.78 Å². The van der Waals surface area contributed by atoms with Crippen LogP contribution in [-0.2, 0) is 0 Å². The third kappa shape index (κ3) is 2.77. The first-order valence-corrected chi connectivity index (χ1v) is 7.30. The van der Waals surface area contributed by atoms with Crippen LogP contribution in [0.1, 0.15) is 54.9 Å². The summed E-state index contributed by atoms with van der Waals surface area (Å²) in [5.74, 6) is 1.34. The van der Waals surface area contributed by atoms with Crippen molar-refractivity contribution in [2.45, 2.75) is 46.0 Å².